The first-order chi connectivity index (χ1) is 5.99. The Kier molecular flexibility index (Phi) is 2.94. The Bertz CT molecular complexity index is 240. The largest absolute Gasteiger partial charge is 0.281 e. The summed E-state index contributed by atoms with van der Waals surface area (Å²) in [4.78, 5) is 4.75. The van der Waals surface area contributed by atoms with Gasteiger partial charge in [-0.05, 0) is 18.4 Å². The second-order valence-corrected chi connectivity index (χ2v) is 4.75. The lowest BCUT2D eigenvalue weighted by Crippen LogP contribution is -2.20. The molecule has 1 unspecified atom stereocenters. The molecule has 1 rings (SSSR count). The normalized spacial score (nSPS) is 23.0. The quantitative estimate of drug-likeness (QED) is 0.614. The molecule has 1 atom stereocenters. The first kappa shape index (κ1) is 10.5. The van der Waals surface area contributed by atoms with Crippen LogP contribution in [0.3, 0.4) is 0 Å². The average Bonchev–Trinajstić information content (AvgIpc) is 2.46. The van der Waals surface area contributed by atoms with Gasteiger partial charge in [-0.3, -0.25) is 4.99 Å². The molecule has 0 radical (unpaired) electrons. The van der Waals surface area contributed by atoms with Crippen LogP contribution < -0.4 is 0 Å². The van der Waals surface area contributed by atoms with Gasteiger partial charge in [0.05, 0.1) is 6.04 Å². The van der Waals surface area contributed by atoms with Crippen LogP contribution in [0.15, 0.2) is 16.6 Å². The van der Waals surface area contributed by atoms with Gasteiger partial charge in [0.2, 0.25) is 0 Å². The van der Waals surface area contributed by atoms with Crippen LogP contribution >= 0.6 is 0 Å². The second-order valence-electron chi connectivity index (χ2n) is 4.75. The molecule has 0 bridgehead atoms. The van der Waals surface area contributed by atoms with E-state index in [1.165, 1.54) is 11.3 Å². The summed E-state index contributed by atoms with van der Waals surface area (Å²) >= 11 is 0. The Hall–Kier alpha value is -0.590. The molecule has 0 N–H and O–H groups in total. The third-order valence-corrected chi connectivity index (χ3v) is 2.50. The zero-order valence-electron chi connectivity index (χ0n) is 9.52. The lowest BCUT2D eigenvalue weighted by Gasteiger charge is -2.20. The second kappa shape index (κ2) is 3.65. The fourth-order valence-electron chi connectivity index (χ4n) is 1.77. The lowest BCUT2D eigenvalue weighted by molar-refractivity contribution is 0.586. The molecule has 1 aliphatic rings. The SMILES string of the molecule is CCC1=CC(CC)N=C1C(C)(C)C. The number of hydrogen-bond acceptors (Lipinski definition) is 1. The predicted octanol–water partition coefficient (Wildman–Crippen LogP) is 3.60. The van der Waals surface area contributed by atoms with Gasteiger partial charge < -0.3 is 0 Å². The zero-order chi connectivity index (χ0) is 10.1. The molecule has 1 heteroatoms. The molecular formula is C12H21N. The van der Waals surface area contributed by atoms with Gasteiger partial charge in [-0.1, -0.05) is 40.7 Å². The van der Waals surface area contributed by atoms with Gasteiger partial charge in [-0.25, -0.2) is 0 Å². The lowest BCUT2D eigenvalue weighted by atomic mass is 9.85. The van der Waals surface area contributed by atoms with Crippen molar-refractivity contribution in [3.8, 4) is 0 Å². The summed E-state index contributed by atoms with van der Waals surface area (Å²) in [6.07, 6.45) is 4.58. The van der Waals surface area contributed by atoms with E-state index in [9.17, 15) is 0 Å². The van der Waals surface area contributed by atoms with Crippen LogP contribution in [0.4, 0.5) is 0 Å². The molecule has 1 heterocycles. The van der Waals surface area contributed by atoms with Gasteiger partial charge in [0.25, 0.3) is 0 Å². The molecule has 0 aliphatic carbocycles. The van der Waals surface area contributed by atoms with E-state index in [0.717, 1.165) is 12.8 Å². The monoisotopic (exact) mass is 179 g/mol. The summed E-state index contributed by atoms with van der Waals surface area (Å²) < 4.78 is 0. The van der Waals surface area contributed by atoms with Crippen LogP contribution in [0, 0.1) is 5.41 Å². The summed E-state index contributed by atoms with van der Waals surface area (Å²) in [7, 11) is 0. The first-order valence-electron chi connectivity index (χ1n) is 5.28. The van der Waals surface area contributed by atoms with Crippen molar-refractivity contribution in [3.05, 3.63) is 11.6 Å². The zero-order valence-corrected chi connectivity index (χ0v) is 9.52. The highest BCUT2D eigenvalue weighted by Gasteiger charge is 2.26. The van der Waals surface area contributed by atoms with Crippen LogP contribution in [0.5, 0.6) is 0 Å². The number of aliphatic imine (C=N–C) groups is 1. The molecule has 0 aromatic heterocycles. The minimum absolute atomic E-state index is 0.214. The Morgan fingerprint density at radius 2 is 1.92 bits per heavy atom. The molecule has 0 fully saturated rings. The molecule has 0 aromatic carbocycles. The van der Waals surface area contributed by atoms with E-state index in [1.807, 2.05) is 0 Å². The van der Waals surface area contributed by atoms with Gasteiger partial charge in [0.1, 0.15) is 0 Å². The summed E-state index contributed by atoms with van der Waals surface area (Å²) in [5.41, 5.74) is 2.99. The Labute approximate surface area is 82.0 Å². The predicted molar refractivity (Wildman–Crippen MR) is 59.3 cm³/mol. The van der Waals surface area contributed by atoms with E-state index in [2.05, 4.69) is 40.7 Å². The number of rotatable bonds is 2. The number of allylic oxidation sites excluding steroid dienone is 1. The fraction of sp³-hybridized carbons (Fsp3) is 0.750. The first-order valence-corrected chi connectivity index (χ1v) is 5.28. The van der Waals surface area contributed by atoms with Crippen molar-refractivity contribution in [1.82, 2.24) is 0 Å². The summed E-state index contributed by atoms with van der Waals surface area (Å²) in [5.74, 6) is 0. The third-order valence-electron chi connectivity index (χ3n) is 2.50. The van der Waals surface area contributed by atoms with Gasteiger partial charge in [-0.15, -0.1) is 0 Å². The smallest absolute Gasteiger partial charge is 0.0687 e. The Balaban J connectivity index is 2.92. The van der Waals surface area contributed by atoms with Crippen molar-refractivity contribution < 1.29 is 0 Å². The van der Waals surface area contributed by atoms with Crippen molar-refractivity contribution in [2.75, 3.05) is 0 Å². The number of nitrogens with zero attached hydrogens (tertiary/aromatic N) is 1. The molecule has 0 spiro atoms. The maximum atomic E-state index is 4.75. The average molecular weight is 179 g/mol. The molecule has 0 saturated carbocycles. The van der Waals surface area contributed by atoms with Crippen LogP contribution in [0.2, 0.25) is 0 Å². The highest BCUT2D eigenvalue weighted by molar-refractivity contribution is 6.05. The van der Waals surface area contributed by atoms with E-state index in [0.29, 0.717) is 6.04 Å². The van der Waals surface area contributed by atoms with E-state index in [-0.39, 0.29) is 5.41 Å². The minimum Gasteiger partial charge on any atom is -0.281 e. The molecule has 0 saturated heterocycles. The van der Waals surface area contributed by atoms with E-state index < -0.39 is 0 Å². The van der Waals surface area contributed by atoms with E-state index >= 15 is 0 Å². The Morgan fingerprint density at radius 3 is 2.23 bits per heavy atom. The highest BCUT2D eigenvalue weighted by Crippen LogP contribution is 2.29. The molecular weight excluding hydrogens is 158 g/mol. The molecule has 0 amide bonds. The standard InChI is InChI=1S/C12H21N/c1-6-9-8-10(7-2)13-11(9)12(3,4)5/h8,10H,6-7H2,1-5H3. The van der Waals surface area contributed by atoms with Gasteiger partial charge in [0.15, 0.2) is 0 Å². The van der Waals surface area contributed by atoms with E-state index in [4.69, 9.17) is 4.99 Å². The van der Waals surface area contributed by atoms with Crippen LogP contribution in [-0.4, -0.2) is 11.8 Å². The fourth-order valence-corrected chi connectivity index (χ4v) is 1.77. The molecule has 74 valence electrons. The van der Waals surface area contributed by atoms with E-state index in [1.54, 1.807) is 0 Å². The van der Waals surface area contributed by atoms with Gasteiger partial charge in [-0.2, -0.15) is 0 Å². The maximum absolute atomic E-state index is 4.75. The van der Waals surface area contributed by atoms with Crippen LogP contribution in [-0.2, 0) is 0 Å². The molecule has 1 aliphatic heterocycles. The van der Waals surface area contributed by atoms with Gasteiger partial charge >= 0.3 is 0 Å². The van der Waals surface area contributed by atoms with Crippen LogP contribution in [0.1, 0.15) is 47.5 Å². The molecule has 13 heavy (non-hydrogen) atoms. The summed E-state index contributed by atoms with van der Waals surface area (Å²) in [6.45, 7) is 11.1. The number of hydrogen-bond donors (Lipinski definition) is 0. The van der Waals surface area contributed by atoms with Crippen molar-refractivity contribution in [2.24, 2.45) is 10.4 Å². The van der Waals surface area contributed by atoms with Crippen molar-refractivity contribution >= 4 is 5.71 Å². The van der Waals surface area contributed by atoms with Gasteiger partial charge in [0, 0.05) is 11.1 Å². The topological polar surface area (TPSA) is 12.4 Å². The highest BCUT2D eigenvalue weighted by atomic mass is 14.8. The Morgan fingerprint density at radius 1 is 1.31 bits per heavy atom. The summed E-state index contributed by atoms with van der Waals surface area (Å²) in [5, 5.41) is 0. The third kappa shape index (κ3) is 2.20. The summed E-state index contributed by atoms with van der Waals surface area (Å²) in [6, 6.07) is 0.448. The van der Waals surface area contributed by atoms with Crippen molar-refractivity contribution in [3.63, 3.8) is 0 Å². The molecule has 1 nitrogen and oxygen atoms in total. The van der Waals surface area contributed by atoms with Crippen molar-refractivity contribution in [2.45, 2.75) is 53.5 Å². The van der Waals surface area contributed by atoms with Crippen molar-refractivity contribution in [1.29, 1.82) is 0 Å². The maximum Gasteiger partial charge on any atom is 0.0687 e. The van der Waals surface area contributed by atoms with Crippen LogP contribution in [0.25, 0.3) is 0 Å². The minimum atomic E-state index is 0.214. The molecule has 0 aromatic rings.